The average Bonchev–Trinajstić information content (AvgIpc) is 1.66. The normalized spacial score (nSPS) is 9.12. The minimum Gasteiger partial charge on any atom is -0.473 e. The third-order valence-electron chi connectivity index (χ3n) is 0.331. The van der Waals surface area contributed by atoms with Gasteiger partial charge in [-0.05, 0) is 0 Å². The molecular weight excluding hydrogens is 146 g/mol. The minimum absolute atomic E-state index is 0.533. The molecule has 0 aromatic carbocycles. The first kappa shape index (κ1) is 8.13. The fourth-order valence-electron chi connectivity index (χ4n) is 0.140. The van der Waals surface area contributed by atoms with Crippen LogP contribution in [0.15, 0.2) is 0 Å². The van der Waals surface area contributed by atoms with Gasteiger partial charge in [-0.2, -0.15) is 0 Å². The summed E-state index contributed by atoms with van der Waals surface area (Å²) in [6.07, 6.45) is 0. The van der Waals surface area contributed by atoms with Gasteiger partial charge in [0.05, 0.1) is 0 Å². The molecule has 8 heavy (non-hydrogen) atoms. The number of rotatable bonds is 3. The Morgan fingerprint density at radius 2 is 2.38 bits per heavy atom. The summed E-state index contributed by atoms with van der Waals surface area (Å²) in [7, 11) is 2.06. The summed E-state index contributed by atoms with van der Waals surface area (Å²) < 4.78 is 0. The molecule has 0 fully saturated rings. The largest absolute Gasteiger partial charge is 0.473 e. The Labute approximate surface area is 55.4 Å². The van der Waals surface area contributed by atoms with Crippen molar-refractivity contribution in [3.63, 3.8) is 0 Å². The lowest BCUT2D eigenvalue weighted by Gasteiger charge is -1.89. The molecule has 3 N–H and O–H groups in total. The molecule has 0 bridgehead atoms. The Hall–Kier alpha value is 0.130. The second-order valence-corrected chi connectivity index (χ2v) is 3.33. The number of carboxylic acid groups (broad SMARTS) is 1. The highest BCUT2D eigenvalue weighted by molar-refractivity contribution is 8.82. The highest BCUT2D eigenvalue weighted by Crippen LogP contribution is 2.19. The molecular formula is C3H7NO2S2. The smallest absolute Gasteiger partial charge is 0.375 e. The van der Waals surface area contributed by atoms with Crippen LogP contribution in [0.1, 0.15) is 0 Å². The van der Waals surface area contributed by atoms with Gasteiger partial charge in [0.25, 0.3) is 0 Å². The van der Waals surface area contributed by atoms with Gasteiger partial charge in [-0.15, -0.1) is 0 Å². The molecule has 0 atom stereocenters. The average molecular weight is 153 g/mol. The van der Waals surface area contributed by atoms with Crippen molar-refractivity contribution in [1.82, 2.24) is 0 Å². The van der Waals surface area contributed by atoms with Gasteiger partial charge in [-0.3, -0.25) is 0 Å². The second-order valence-electron chi connectivity index (χ2n) is 0.960. The van der Waals surface area contributed by atoms with Crippen LogP contribution >= 0.6 is 21.6 Å². The molecule has 0 aliphatic carbocycles. The molecule has 0 saturated carbocycles. The summed E-state index contributed by atoms with van der Waals surface area (Å²) in [5.74, 6) is 0.691. The molecule has 0 saturated heterocycles. The van der Waals surface area contributed by atoms with Crippen LogP contribution in [0.5, 0.6) is 0 Å². The maximum Gasteiger partial charge on any atom is 0.375 e. The third kappa shape index (κ3) is 6.13. The van der Waals surface area contributed by atoms with E-state index in [1.54, 1.807) is 0 Å². The Balaban J connectivity index is 2.82. The Bertz CT molecular complexity index is 77.7. The van der Waals surface area contributed by atoms with Crippen LogP contribution in [0, 0.1) is 0 Å². The van der Waals surface area contributed by atoms with Gasteiger partial charge < -0.3 is 10.8 Å². The molecule has 0 amide bonds. The predicted molar refractivity (Wildman–Crippen MR) is 37.1 cm³/mol. The Morgan fingerprint density at radius 1 is 1.75 bits per heavy atom. The number of hydrogen-bond acceptors (Lipinski definition) is 4. The van der Waals surface area contributed by atoms with Crippen LogP contribution in [0.2, 0.25) is 0 Å². The van der Waals surface area contributed by atoms with E-state index in [0.717, 1.165) is 10.8 Å². The van der Waals surface area contributed by atoms with Crippen LogP contribution in [-0.4, -0.2) is 22.7 Å². The Morgan fingerprint density at radius 3 is 2.75 bits per heavy atom. The van der Waals surface area contributed by atoms with Crippen LogP contribution in [0.4, 0.5) is 4.79 Å². The van der Waals surface area contributed by atoms with Crippen molar-refractivity contribution in [2.75, 3.05) is 12.3 Å². The molecule has 0 aliphatic heterocycles. The fraction of sp³-hybridized carbons (Fsp3) is 0.667. The van der Waals surface area contributed by atoms with Gasteiger partial charge in [0.2, 0.25) is 0 Å². The number of hydrogen-bond donors (Lipinski definition) is 2. The van der Waals surface area contributed by atoms with E-state index < -0.39 is 5.30 Å². The first-order valence-corrected chi connectivity index (χ1v) is 4.31. The SMILES string of the molecule is NCCSSC(=O)O. The van der Waals surface area contributed by atoms with Gasteiger partial charge in [-0.25, -0.2) is 4.79 Å². The van der Waals surface area contributed by atoms with E-state index in [2.05, 4.69) is 0 Å². The molecule has 0 radical (unpaired) electrons. The highest BCUT2D eigenvalue weighted by Gasteiger charge is 1.94. The first-order valence-electron chi connectivity index (χ1n) is 2.00. The molecule has 0 rings (SSSR count). The van der Waals surface area contributed by atoms with Crippen molar-refractivity contribution >= 4 is 26.9 Å². The van der Waals surface area contributed by atoms with Gasteiger partial charge in [-0.1, -0.05) is 10.8 Å². The highest BCUT2D eigenvalue weighted by atomic mass is 33.1. The zero-order valence-electron chi connectivity index (χ0n) is 4.16. The molecule has 3 nitrogen and oxygen atoms in total. The summed E-state index contributed by atoms with van der Waals surface area (Å²) in [5.41, 5.74) is 5.09. The van der Waals surface area contributed by atoms with Crippen molar-refractivity contribution in [2.24, 2.45) is 5.73 Å². The zero-order chi connectivity index (χ0) is 6.41. The predicted octanol–water partition coefficient (Wildman–Crippen LogP) is 1.00. The van der Waals surface area contributed by atoms with Crippen molar-refractivity contribution in [3.05, 3.63) is 0 Å². The summed E-state index contributed by atoms with van der Waals surface area (Å²) in [5, 5.41) is 7.18. The summed E-state index contributed by atoms with van der Waals surface area (Å²) in [6, 6.07) is 0. The number of carbonyl (C=O) groups is 1. The monoisotopic (exact) mass is 153 g/mol. The molecule has 48 valence electrons. The van der Waals surface area contributed by atoms with Crippen LogP contribution in [0.25, 0.3) is 0 Å². The summed E-state index contributed by atoms with van der Waals surface area (Å²) in [6.45, 7) is 0.533. The second kappa shape index (κ2) is 5.27. The topological polar surface area (TPSA) is 63.3 Å². The molecule has 0 unspecified atom stereocenters. The number of nitrogens with two attached hydrogens (primary N) is 1. The molecule has 0 spiro atoms. The van der Waals surface area contributed by atoms with Crippen LogP contribution in [0.3, 0.4) is 0 Å². The summed E-state index contributed by atoms with van der Waals surface area (Å²) >= 11 is 0. The first-order chi connectivity index (χ1) is 3.77. The quantitative estimate of drug-likeness (QED) is 0.468. The van der Waals surface area contributed by atoms with Crippen LogP contribution < -0.4 is 5.73 Å². The summed E-state index contributed by atoms with van der Waals surface area (Å²) in [4.78, 5) is 9.78. The van der Waals surface area contributed by atoms with E-state index in [4.69, 9.17) is 10.8 Å². The minimum atomic E-state index is -0.858. The maximum atomic E-state index is 9.78. The van der Waals surface area contributed by atoms with Gasteiger partial charge in [0.1, 0.15) is 0 Å². The van der Waals surface area contributed by atoms with Crippen molar-refractivity contribution in [1.29, 1.82) is 0 Å². The van der Waals surface area contributed by atoms with Gasteiger partial charge in [0, 0.05) is 23.1 Å². The fourth-order valence-corrected chi connectivity index (χ4v) is 1.26. The molecule has 5 heteroatoms. The van der Waals surface area contributed by atoms with Crippen molar-refractivity contribution < 1.29 is 9.90 Å². The molecule has 0 aromatic heterocycles. The zero-order valence-corrected chi connectivity index (χ0v) is 5.80. The lowest BCUT2D eigenvalue weighted by Crippen LogP contribution is -2.00. The maximum absolute atomic E-state index is 9.78. The van der Waals surface area contributed by atoms with Crippen molar-refractivity contribution in [2.45, 2.75) is 0 Å². The van der Waals surface area contributed by atoms with Crippen LogP contribution in [-0.2, 0) is 0 Å². The third-order valence-corrected chi connectivity index (χ3v) is 2.28. The standard InChI is InChI=1S/C3H7NO2S2/c4-1-2-7-8-3(5)6/h1-2,4H2,(H,5,6). The van der Waals surface area contributed by atoms with E-state index in [9.17, 15) is 4.79 Å². The van der Waals surface area contributed by atoms with E-state index >= 15 is 0 Å². The van der Waals surface area contributed by atoms with Crippen molar-refractivity contribution in [3.8, 4) is 0 Å². The molecule has 0 aromatic rings. The van der Waals surface area contributed by atoms with E-state index in [-0.39, 0.29) is 0 Å². The van der Waals surface area contributed by atoms with E-state index in [0.29, 0.717) is 12.3 Å². The molecule has 0 aliphatic rings. The van der Waals surface area contributed by atoms with E-state index in [1.807, 2.05) is 0 Å². The Kier molecular flexibility index (Phi) is 5.36. The van der Waals surface area contributed by atoms with Gasteiger partial charge >= 0.3 is 5.30 Å². The molecule has 0 heterocycles. The van der Waals surface area contributed by atoms with Gasteiger partial charge in [0.15, 0.2) is 0 Å². The van der Waals surface area contributed by atoms with E-state index in [1.165, 1.54) is 10.8 Å². The lowest BCUT2D eigenvalue weighted by atomic mass is 10.8. The lowest BCUT2D eigenvalue weighted by molar-refractivity contribution is 0.222.